The van der Waals surface area contributed by atoms with Crippen molar-refractivity contribution in [3.8, 4) is 5.75 Å². The Balaban J connectivity index is 2.76. The van der Waals surface area contributed by atoms with E-state index in [9.17, 15) is 0 Å². The monoisotopic (exact) mass is 149 g/mol. The molecule has 0 N–H and O–H groups in total. The fourth-order valence-electron chi connectivity index (χ4n) is 0.813. The van der Waals surface area contributed by atoms with E-state index in [0.717, 1.165) is 11.3 Å². The summed E-state index contributed by atoms with van der Waals surface area (Å²) < 4.78 is 4.95. The molecule has 1 rings (SSSR count). The first-order valence-corrected chi connectivity index (χ1v) is 3.30. The van der Waals surface area contributed by atoms with Gasteiger partial charge in [0.25, 0.3) is 0 Å². The number of hydrogen-bond donors (Lipinski definition) is 0. The molecular formula is C8H9N2O+. The van der Waals surface area contributed by atoms with Crippen LogP contribution >= 0.6 is 0 Å². The predicted molar refractivity (Wildman–Crippen MR) is 41.8 cm³/mol. The normalized spacial score (nSPS) is 8.73. The van der Waals surface area contributed by atoms with Gasteiger partial charge in [-0.3, -0.25) is 0 Å². The van der Waals surface area contributed by atoms with Crippen molar-refractivity contribution in [2.45, 2.75) is 6.54 Å². The van der Waals surface area contributed by atoms with Gasteiger partial charge in [0.1, 0.15) is 10.7 Å². The van der Waals surface area contributed by atoms with Crippen LogP contribution in [-0.4, -0.2) is 7.11 Å². The third-order valence-electron chi connectivity index (χ3n) is 1.41. The van der Waals surface area contributed by atoms with Gasteiger partial charge in [0.05, 0.1) is 7.11 Å². The lowest BCUT2D eigenvalue weighted by Gasteiger charge is -1.96. The molecule has 1 aromatic rings. The van der Waals surface area contributed by atoms with Crippen molar-refractivity contribution in [2.24, 2.45) is 0 Å². The second-order valence-corrected chi connectivity index (χ2v) is 2.15. The minimum absolute atomic E-state index is 0.337. The number of methoxy groups -OCH3 is 1. The van der Waals surface area contributed by atoms with Gasteiger partial charge in [0.2, 0.25) is 5.39 Å². The van der Waals surface area contributed by atoms with Crippen LogP contribution < -0.4 is 4.74 Å². The van der Waals surface area contributed by atoms with Crippen LogP contribution in [-0.2, 0) is 6.54 Å². The number of diazo groups is 1. The number of benzene rings is 1. The first kappa shape index (κ1) is 7.55. The quantitative estimate of drug-likeness (QED) is 0.603. The molecule has 11 heavy (non-hydrogen) atoms. The lowest BCUT2D eigenvalue weighted by atomic mass is 10.2. The van der Waals surface area contributed by atoms with Crippen LogP contribution in [0, 0.1) is 5.39 Å². The molecule has 0 aliphatic carbocycles. The average molecular weight is 149 g/mol. The predicted octanol–water partition coefficient (Wildman–Crippen LogP) is 2.05. The summed E-state index contributed by atoms with van der Waals surface area (Å²) in [5.41, 5.74) is 0.966. The topological polar surface area (TPSA) is 37.4 Å². The molecule has 0 unspecified atom stereocenters. The van der Waals surface area contributed by atoms with Crippen molar-refractivity contribution in [1.82, 2.24) is 0 Å². The average Bonchev–Trinajstić information content (AvgIpc) is 2.07. The van der Waals surface area contributed by atoms with Gasteiger partial charge in [-0.15, -0.1) is 0 Å². The van der Waals surface area contributed by atoms with Crippen molar-refractivity contribution in [3.05, 3.63) is 34.8 Å². The molecule has 0 atom stereocenters. The smallest absolute Gasteiger partial charge is 0.330 e. The highest BCUT2D eigenvalue weighted by Crippen LogP contribution is 2.11. The van der Waals surface area contributed by atoms with E-state index >= 15 is 0 Å². The van der Waals surface area contributed by atoms with Crippen LogP contribution in [0.2, 0.25) is 0 Å². The zero-order valence-corrected chi connectivity index (χ0v) is 6.32. The molecule has 0 radical (unpaired) electrons. The van der Waals surface area contributed by atoms with E-state index in [4.69, 9.17) is 10.1 Å². The second-order valence-electron chi connectivity index (χ2n) is 2.15. The molecule has 3 heteroatoms. The molecule has 0 saturated carbocycles. The van der Waals surface area contributed by atoms with E-state index in [1.54, 1.807) is 7.11 Å². The first-order chi connectivity index (χ1) is 5.36. The lowest BCUT2D eigenvalue weighted by molar-refractivity contribution is 0.414. The zero-order valence-electron chi connectivity index (χ0n) is 6.32. The van der Waals surface area contributed by atoms with Crippen LogP contribution in [0.15, 0.2) is 24.3 Å². The van der Waals surface area contributed by atoms with Crippen LogP contribution in [0.25, 0.3) is 4.98 Å². The van der Waals surface area contributed by atoms with Gasteiger partial charge in [-0.25, -0.2) is 0 Å². The van der Waals surface area contributed by atoms with Crippen molar-refractivity contribution in [3.63, 3.8) is 0 Å². The Hall–Kier alpha value is -1.56. The van der Waals surface area contributed by atoms with Gasteiger partial charge in [0, 0.05) is 5.56 Å². The molecular weight excluding hydrogens is 140 g/mol. The minimum Gasteiger partial charge on any atom is -0.497 e. The molecule has 56 valence electrons. The number of rotatable bonds is 2. The molecule has 0 aliphatic heterocycles. The fraction of sp³-hybridized carbons (Fsp3) is 0.250. The molecule has 0 fully saturated rings. The second kappa shape index (κ2) is 3.57. The van der Waals surface area contributed by atoms with E-state index in [1.807, 2.05) is 24.3 Å². The Morgan fingerprint density at radius 1 is 1.36 bits per heavy atom. The molecule has 0 aliphatic rings. The standard InChI is InChI=1S/C8H9N2O/c1-11-8-4-2-7(3-5-8)6-10-9/h2-5H,6H2,1H3/q+1. The van der Waals surface area contributed by atoms with Crippen molar-refractivity contribution < 1.29 is 4.74 Å². The van der Waals surface area contributed by atoms with Gasteiger partial charge in [-0.1, -0.05) is 0 Å². The van der Waals surface area contributed by atoms with E-state index < -0.39 is 0 Å². The Kier molecular flexibility index (Phi) is 2.45. The third-order valence-corrected chi connectivity index (χ3v) is 1.41. The maximum absolute atomic E-state index is 8.24. The molecule has 1 aromatic carbocycles. The summed E-state index contributed by atoms with van der Waals surface area (Å²) in [6.45, 7) is 0.337. The Morgan fingerprint density at radius 3 is 2.45 bits per heavy atom. The minimum atomic E-state index is 0.337. The highest BCUT2D eigenvalue weighted by atomic mass is 16.5. The highest BCUT2D eigenvalue weighted by Gasteiger charge is 1.98. The van der Waals surface area contributed by atoms with Gasteiger partial charge in [-0.2, -0.15) is 0 Å². The number of nitrogens with zero attached hydrogens (tertiary/aromatic N) is 2. The summed E-state index contributed by atoms with van der Waals surface area (Å²) in [4.78, 5) is 3.02. The lowest BCUT2D eigenvalue weighted by Crippen LogP contribution is -1.83. The molecule has 0 amide bonds. The van der Waals surface area contributed by atoms with E-state index in [-0.39, 0.29) is 0 Å². The summed E-state index contributed by atoms with van der Waals surface area (Å²) in [6, 6.07) is 7.39. The van der Waals surface area contributed by atoms with Gasteiger partial charge in [-0.05, 0) is 24.3 Å². The van der Waals surface area contributed by atoms with Crippen molar-refractivity contribution >= 4 is 0 Å². The highest BCUT2D eigenvalue weighted by molar-refractivity contribution is 5.27. The maximum Gasteiger partial charge on any atom is 0.330 e. The Morgan fingerprint density at radius 2 is 2.00 bits per heavy atom. The summed E-state index contributed by atoms with van der Waals surface area (Å²) in [7, 11) is 1.62. The summed E-state index contributed by atoms with van der Waals surface area (Å²) in [5.74, 6) is 0.812. The Bertz CT molecular complexity index is 260. The SMILES string of the molecule is COc1ccc(C[N+]#N)cc1. The molecule has 0 saturated heterocycles. The maximum atomic E-state index is 8.24. The third kappa shape index (κ3) is 1.94. The van der Waals surface area contributed by atoms with E-state index in [1.165, 1.54) is 0 Å². The van der Waals surface area contributed by atoms with Gasteiger partial charge < -0.3 is 4.74 Å². The van der Waals surface area contributed by atoms with Gasteiger partial charge in [0.15, 0.2) is 0 Å². The molecule has 0 spiro atoms. The summed E-state index contributed by atoms with van der Waals surface area (Å²) in [6.07, 6.45) is 0. The molecule has 0 aromatic heterocycles. The van der Waals surface area contributed by atoms with Crippen LogP contribution in [0.5, 0.6) is 5.75 Å². The number of ether oxygens (including phenoxy) is 1. The summed E-state index contributed by atoms with van der Waals surface area (Å²) >= 11 is 0. The molecule has 3 nitrogen and oxygen atoms in total. The fourth-order valence-corrected chi connectivity index (χ4v) is 0.813. The molecule has 0 bridgehead atoms. The van der Waals surface area contributed by atoms with Crippen molar-refractivity contribution in [1.29, 1.82) is 5.39 Å². The molecule has 0 heterocycles. The first-order valence-electron chi connectivity index (χ1n) is 3.30. The van der Waals surface area contributed by atoms with Crippen LogP contribution in [0.4, 0.5) is 0 Å². The van der Waals surface area contributed by atoms with Crippen LogP contribution in [0.3, 0.4) is 0 Å². The van der Waals surface area contributed by atoms with Gasteiger partial charge >= 0.3 is 6.54 Å². The van der Waals surface area contributed by atoms with Crippen molar-refractivity contribution in [2.75, 3.05) is 7.11 Å². The van der Waals surface area contributed by atoms with E-state index in [2.05, 4.69) is 4.98 Å². The zero-order chi connectivity index (χ0) is 8.10. The number of hydrogen-bond acceptors (Lipinski definition) is 2. The van der Waals surface area contributed by atoms with Crippen LogP contribution in [0.1, 0.15) is 5.56 Å². The Labute approximate surface area is 65.2 Å². The summed E-state index contributed by atoms with van der Waals surface area (Å²) in [5, 5.41) is 8.24. The van der Waals surface area contributed by atoms with E-state index in [0.29, 0.717) is 6.54 Å². The largest absolute Gasteiger partial charge is 0.497 e.